The molecular formula is C15H7Cl2F2NO. The molecule has 0 amide bonds. The fourth-order valence-electron chi connectivity index (χ4n) is 1.90. The Hall–Kier alpha value is -1.96. The zero-order valence-electron chi connectivity index (χ0n) is 10.4. The van der Waals surface area contributed by atoms with E-state index in [2.05, 4.69) is 0 Å². The second-order valence-electron chi connectivity index (χ2n) is 4.22. The molecule has 21 heavy (non-hydrogen) atoms. The van der Waals surface area contributed by atoms with Gasteiger partial charge >= 0.3 is 0 Å². The Labute approximate surface area is 129 Å². The number of rotatable bonds is 3. The van der Waals surface area contributed by atoms with Gasteiger partial charge in [-0.2, -0.15) is 5.26 Å². The van der Waals surface area contributed by atoms with Gasteiger partial charge in [-0.25, -0.2) is 8.78 Å². The summed E-state index contributed by atoms with van der Waals surface area (Å²) in [6.45, 7) is 0. The lowest BCUT2D eigenvalue weighted by molar-refractivity contribution is 0.0978. The quantitative estimate of drug-likeness (QED) is 0.763. The molecule has 1 unspecified atom stereocenters. The zero-order chi connectivity index (χ0) is 15.6. The van der Waals surface area contributed by atoms with Gasteiger partial charge in [-0.3, -0.25) is 4.79 Å². The molecule has 0 spiro atoms. The summed E-state index contributed by atoms with van der Waals surface area (Å²) in [6, 6.07) is 8.66. The SMILES string of the molecule is N#CC(C(=O)c1cc(F)cc(F)c1)c1c(Cl)cccc1Cl. The first-order valence-corrected chi connectivity index (χ1v) is 6.53. The van der Waals surface area contributed by atoms with Crippen molar-refractivity contribution in [1.82, 2.24) is 0 Å². The van der Waals surface area contributed by atoms with Crippen molar-refractivity contribution in [3.63, 3.8) is 0 Å². The average Bonchev–Trinajstić information content (AvgIpc) is 2.41. The third kappa shape index (κ3) is 3.21. The maximum atomic E-state index is 13.2. The Morgan fingerprint density at radius 2 is 1.62 bits per heavy atom. The summed E-state index contributed by atoms with van der Waals surface area (Å²) in [7, 11) is 0. The van der Waals surface area contributed by atoms with Crippen molar-refractivity contribution in [3.05, 3.63) is 69.2 Å². The molecule has 0 radical (unpaired) electrons. The van der Waals surface area contributed by atoms with E-state index in [9.17, 15) is 18.8 Å². The van der Waals surface area contributed by atoms with E-state index in [0.717, 1.165) is 12.1 Å². The fourth-order valence-corrected chi connectivity index (χ4v) is 2.52. The molecular weight excluding hydrogens is 319 g/mol. The zero-order valence-corrected chi connectivity index (χ0v) is 11.9. The van der Waals surface area contributed by atoms with Crippen molar-refractivity contribution in [2.45, 2.75) is 5.92 Å². The fraction of sp³-hybridized carbons (Fsp3) is 0.0667. The summed E-state index contributed by atoms with van der Waals surface area (Å²) in [5.74, 6) is -3.92. The maximum absolute atomic E-state index is 13.2. The molecule has 106 valence electrons. The van der Waals surface area contributed by atoms with Gasteiger partial charge in [0.15, 0.2) is 5.78 Å². The first-order valence-electron chi connectivity index (χ1n) is 5.78. The summed E-state index contributed by atoms with van der Waals surface area (Å²) < 4.78 is 26.4. The molecule has 0 aliphatic carbocycles. The number of nitriles is 1. The Morgan fingerprint density at radius 3 is 2.10 bits per heavy atom. The van der Waals surface area contributed by atoms with Gasteiger partial charge in [-0.05, 0) is 24.3 Å². The minimum Gasteiger partial charge on any atom is -0.292 e. The highest BCUT2D eigenvalue weighted by Crippen LogP contribution is 2.33. The predicted molar refractivity (Wildman–Crippen MR) is 75.5 cm³/mol. The van der Waals surface area contributed by atoms with Crippen LogP contribution in [0.25, 0.3) is 0 Å². The van der Waals surface area contributed by atoms with Crippen molar-refractivity contribution in [2.24, 2.45) is 0 Å². The van der Waals surface area contributed by atoms with Crippen LogP contribution in [-0.2, 0) is 0 Å². The standard InChI is InChI=1S/C15H7Cl2F2NO/c16-12-2-1-3-13(17)14(12)11(7-20)15(21)8-4-9(18)6-10(19)5-8/h1-6,11H. The average molecular weight is 326 g/mol. The summed E-state index contributed by atoms with van der Waals surface area (Å²) in [6.07, 6.45) is 0. The molecule has 0 aliphatic rings. The molecule has 6 heteroatoms. The lowest BCUT2D eigenvalue weighted by atomic mass is 9.91. The van der Waals surface area contributed by atoms with Crippen LogP contribution in [0, 0.1) is 23.0 Å². The van der Waals surface area contributed by atoms with E-state index in [-0.39, 0.29) is 21.2 Å². The van der Waals surface area contributed by atoms with Gasteiger partial charge in [0.25, 0.3) is 0 Å². The van der Waals surface area contributed by atoms with Crippen LogP contribution in [0.1, 0.15) is 21.8 Å². The Kier molecular flexibility index (Phi) is 4.56. The van der Waals surface area contributed by atoms with E-state index in [1.165, 1.54) is 12.1 Å². The van der Waals surface area contributed by atoms with Crippen molar-refractivity contribution in [3.8, 4) is 6.07 Å². The van der Waals surface area contributed by atoms with Crippen molar-refractivity contribution >= 4 is 29.0 Å². The van der Waals surface area contributed by atoms with Crippen LogP contribution in [0.3, 0.4) is 0 Å². The Balaban J connectivity index is 2.52. The molecule has 0 saturated heterocycles. The predicted octanol–water partition coefficient (Wildman–Crippen LogP) is 4.76. The van der Waals surface area contributed by atoms with Crippen LogP contribution in [-0.4, -0.2) is 5.78 Å². The van der Waals surface area contributed by atoms with E-state index in [1.807, 2.05) is 0 Å². The third-order valence-corrected chi connectivity index (χ3v) is 3.49. The van der Waals surface area contributed by atoms with Gasteiger partial charge in [0.1, 0.15) is 17.6 Å². The van der Waals surface area contributed by atoms with Crippen LogP contribution < -0.4 is 0 Å². The number of ketones is 1. The minimum absolute atomic E-state index is 0.123. The topological polar surface area (TPSA) is 40.9 Å². The smallest absolute Gasteiger partial charge is 0.184 e. The molecule has 0 N–H and O–H groups in total. The van der Waals surface area contributed by atoms with Crippen LogP contribution in [0.4, 0.5) is 8.78 Å². The minimum atomic E-state index is -1.34. The summed E-state index contributed by atoms with van der Waals surface area (Å²) in [5.41, 5.74) is -0.131. The lowest BCUT2D eigenvalue weighted by Gasteiger charge is -2.12. The number of benzene rings is 2. The van der Waals surface area contributed by atoms with Gasteiger partial charge in [-0.15, -0.1) is 0 Å². The summed E-state index contributed by atoms with van der Waals surface area (Å²) in [5, 5.41) is 9.50. The van der Waals surface area contributed by atoms with E-state index in [1.54, 1.807) is 12.1 Å². The van der Waals surface area contributed by atoms with E-state index >= 15 is 0 Å². The molecule has 2 aromatic carbocycles. The number of carbonyl (C=O) groups is 1. The second kappa shape index (κ2) is 6.21. The molecule has 2 rings (SSSR count). The van der Waals surface area contributed by atoms with Gasteiger partial charge in [0, 0.05) is 27.2 Å². The van der Waals surface area contributed by atoms with Crippen LogP contribution in [0.5, 0.6) is 0 Å². The molecule has 1 atom stereocenters. The molecule has 0 saturated carbocycles. The third-order valence-electron chi connectivity index (χ3n) is 2.83. The summed E-state index contributed by atoms with van der Waals surface area (Å²) >= 11 is 11.9. The lowest BCUT2D eigenvalue weighted by Crippen LogP contribution is -2.13. The summed E-state index contributed by atoms with van der Waals surface area (Å²) in [4.78, 5) is 12.3. The van der Waals surface area contributed by atoms with Gasteiger partial charge in [0.05, 0.1) is 6.07 Å². The second-order valence-corrected chi connectivity index (χ2v) is 5.03. The largest absolute Gasteiger partial charge is 0.292 e. The highest BCUT2D eigenvalue weighted by atomic mass is 35.5. The molecule has 0 fully saturated rings. The van der Waals surface area contributed by atoms with E-state index in [0.29, 0.717) is 6.07 Å². The highest BCUT2D eigenvalue weighted by molar-refractivity contribution is 6.36. The number of carbonyl (C=O) groups excluding carboxylic acids is 1. The Bertz CT molecular complexity index is 715. The van der Waals surface area contributed by atoms with Crippen molar-refractivity contribution in [2.75, 3.05) is 0 Å². The number of hydrogen-bond donors (Lipinski definition) is 0. The molecule has 0 bridgehead atoms. The first kappa shape index (κ1) is 15.4. The highest BCUT2D eigenvalue weighted by Gasteiger charge is 2.27. The molecule has 2 aromatic rings. The molecule has 0 aromatic heterocycles. The number of nitrogens with zero attached hydrogens (tertiary/aromatic N) is 1. The van der Waals surface area contributed by atoms with Crippen molar-refractivity contribution in [1.29, 1.82) is 5.26 Å². The molecule has 0 heterocycles. The Morgan fingerprint density at radius 1 is 1.10 bits per heavy atom. The van der Waals surface area contributed by atoms with Crippen LogP contribution in [0.2, 0.25) is 10.0 Å². The first-order chi connectivity index (χ1) is 9.93. The van der Waals surface area contributed by atoms with E-state index < -0.39 is 23.3 Å². The molecule has 0 aliphatic heterocycles. The van der Waals surface area contributed by atoms with Crippen LogP contribution in [0.15, 0.2) is 36.4 Å². The number of halogens is 4. The van der Waals surface area contributed by atoms with E-state index in [4.69, 9.17) is 23.2 Å². The van der Waals surface area contributed by atoms with Crippen molar-refractivity contribution < 1.29 is 13.6 Å². The number of Topliss-reactive ketones (excluding diaryl/α,β-unsaturated/α-hetero) is 1. The van der Waals surface area contributed by atoms with Crippen LogP contribution >= 0.6 is 23.2 Å². The maximum Gasteiger partial charge on any atom is 0.184 e. The number of hydrogen-bond acceptors (Lipinski definition) is 2. The van der Waals surface area contributed by atoms with Gasteiger partial charge in [0.2, 0.25) is 0 Å². The van der Waals surface area contributed by atoms with Gasteiger partial charge in [-0.1, -0.05) is 29.3 Å². The monoisotopic (exact) mass is 325 g/mol. The molecule has 2 nitrogen and oxygen atoms in total. The van der Waals surface area contributed by atoms with Gasteiger partial charge < -0.3 is 0 Å². The normalized spacial score (nSPS) is 11.8.